The minimum atomic E-state index is -0.359. The van der Waals surface area contributed by atoms with E-state index in [4.69, 9.17) is 4.74 Å². The molecule has 1 aromatic heterocycles. The van der Waals surface area contributed by atoms with Crippen molar-refractivity contribution in [2.75, 3.05) is 11.5 Å². The topological polar surface area (TPSA) is 17.4 Å². The standard InChI is InChI=1S/C84H74N2O/c1-8-59-23-29-64(30-24-59)66-37-51-81-77(54-66)78-55-67(38-52-82(78)86(81)72-41-25-60(9-2)26-42-72)65-35-45-71(46-36-65)85(70-43-33-63(34-44-70)62-31-39-68(40-32-62)83(5,6)7)73-47-50-76-75-21-14-15-22-79(75)84(80(76)56-73,69-19-12-11-13-20-69)53-17-16-18-58(4)57-87-74-48-27-61(10-3)28-49-74/h8-15,19-52,54-56,58H,1-3,16-18,53,57H2,4-7H3. The molecule has 1 aliphatic rings. The van der Waals surface area contributed by atoms with Gasteiger partial charge in [0.15, 0.2) is 0 Å². The molecule has 11 aromatic carbocycles. The quantitative estimate of drug-likeness (QED) is 0.0751. The predicted molar refractivity (Wildman–Crippen MR) is 372 cm³/mol. The Balaban J connectivity index is 0.886. The van der Waals surface area contributed by atoms with Crippen LogP contribution in [0.15, 0.2) is 275 Å². The summed E-state index contributed by atoms with van der Waals surface area (Å²) in [5, 5.41) is 2.41. The summed E-state index contributed by atoms with van der Waals surface area (Å²) >= 11 is 0. The minimum Gasteiger partial charge on any atom is -0.493 e. The first-order valence-corrected chi connectivity index (χ1v) is 30.8. The van der Waals surface area contributed by atoms with E-state index in [2.05, 4.69) is 300 Å². The molecule has 0 saturated heterocycles. The number of benzene rings is 11. The lowest BCUT2D eigenvalue weighted by Crippen LogP contribution is -2.27. The summed E-state index contributed by atoms with van der Waals surface area (Å²) in [5.74, 6) is 1.32. The fraction of sp³-hybridized carbons (Fsp3) is 0.143. The highest BCUT2D eigenvalue weighted by Gasteiger charge is 2.44. The SMILES string of the molecule is C=Cc1ccc(OCC(C)CCCCC2(c3ccccc3)c3ccccc3-c3ccc(N(c4ccc(-c5ccc(C(C)(C)C)cc5)cc4)c4ccc(-c5ccc6c(c5)c5cc(-c7ccc(C=C)cc7)ccc5n6-c5ccc(C=C)cc5)cc4)cc32)cc1. The van der Waals surface area contributed by atoms with Crippen molar-refractivity contribution in [1.82, 2.24) is 4.57 Å². The molecule has 1 aliphatic carbocycles. The first kappa shape index (κ1) is 56.2. The Morgan fingerprint density at radius 2 is 0.931 bits per heavy atom. The summed E-state index contributed by atoms with van der Waals surface area (Å²) in [4.78, 5) is 2.46. The van der Waals surface area contributed by atoms with E-state index in [0.29, 0.717) is 12.5 Å². The molecule has 3 heteroatoms. The average Bonchev–Trinajstić information content (AvgIpc) is 1.59. The average molecular weight is 1130 g/mol. The Morgan fingerprint density at radius 3 is 1.49 bits per heavy atom. The number of hydrogen-bond donors (Lipinski definition) is 0. The molecule has 426 valence electrons. The number of fused-ring (bicyclic) bond motifs is 6. The van der Waals surface area contributed by atoms with E-state index in [1.807, 2.05) is 30.4 Å². The maximum absolute atomic E-state index is 6.29. The molecule has 12 aromatic rings. The second-order valence-corrected chi connectivity index (χ2v) is 24.7. The smallest absolute Gasteiger partial charge is 0.119 e. The molecule has 3 nitrogen and oxygen atoms in total. The molecule has 0 saturated carbocycles. The fourth-order valence-electron chi connectivity index (χ4n) is 13.3. The molecule has 0 radical (unpaired) electrons. The van der Waals surface area contributed by atoms with Crippen molar-refractivity contribution >= 4 is 57.1 Å². The molecule has 87 heavy (non-hydrogen) atoms. The molecule has 0 bridgehead atoms. The van der Waals surface area contributed by atoms with Gasteiger partial charge in [0.1, 0.15) is 5.75 Å². The Labute approximate surface area is 514 Å². The molecule has 0 fully saturated rings. The van der Waals surface area contributed by atoms with Gasteiger partial charge >= 0.3 is 0 Å². The first-order valence-electron chi connectivity index (χ1n) is 30.8. The van der Waals surface area contributed by atoms with Crippen LogP contribution in [-0.4, -0.2) is 11.2 Å². The molecule has 2 unspecified atom stereocenters. The van der Waals surface area contributed by atoms with Gasteiger partial charge in [-0.15, -0.1) is 0 Å². The zero-order valence-electron chi connectivity index (χ0n) is 50.5. The third-order valence-electron chi connectivity index (χ3n) is 18.1. The number of unbranched alkanes of at least 4 members (excludes halogenated alkanes) is 1. The molecule has 0 spiro atoms. The normalized spacial score (nSPS) is 13.9. The van der Waals surface area contributed by atoms with Crippen LogP contribution >= 0.6 is 0 Å². The third-order valence-corrected chi connectivity index (χ3v) is 18.1. The summed E-state index contributed by atoms with van der Waals surface area (Å²) in [6, 6.07) is 94.5. The summed E-state index contributed by atoms with van der Waals surface area (Å²) in [6.07, 6.45) is 9.88. The lowest BCUT2D eigenvalue weighted by atomic mass is 9.69. The van der Waals surface area contributed by atoms with Gasteiger partial charge < -0.3 is 14.2 Å². The van der Waals surface area contributed by atoms with Gasteiger partial charge in [0, 0.05) is 38.9 Å². The summed E-state index contributed by atoms with van der Waals surface area (Å²) < 4.78 is 8.68. The van der Waals surface area contributed by atoms with Crippen LogP contribution in [0.1, 0.15) is 92.3 Å². The highest BCUT2D eigenvalue weighted by atomic mass is 16.5. The second kappa shape index (κ2) is 23.8. The summed E-state index contributed by atoms with van der Waals surface area (Å²) in [7, 11) is 0. The van der Waals surface area contributed by atoms with Crippen LogP contribution in [0.25, 0.3) is 90.2 Å². The van der Waals surface area contributed by atoms with Gasteiger partial charge in [-0.3, -0.25) is 0 Å². The number of nitrogens with zero attached hydrogens (tertiary/aromatic N) is 2. The van der Waals surface area contributed by atoms with Crippen molar-refractivity contribution in [2.24, 2.45) is 5.92 Å². The van der Waals surface area contributed by atoms with Gasteiger partial charge in [0.2, 0.25) is 0 Å². The number of hydrogen-bond acceptors (Lipinski definition) is 2. The van der Waals surface area contributed by atoms with Crippen molar-refractivity contribution < 1.29 is 4.74 Å². The van der Waals surface area contributed by atoms with Crippen LogP contribution in [0.3, 0.4) is 0 Å². The predicted octanol–water partition coefficient (Wildman–Crippen LogP) is 23.1. The van der Waals surface area contributed by atoms with Gasteiger partial charge in [0.05, 0.1) is 17.6 Å². The second-order valence-electron chi connectivity index (χ2n) is 24.7. The minimum absolute atomic E-state index is 0.0802. The Kier molecular flexibility index (Phi) is 15.4. The molecular formula is C84H74N2O. The van der Waals surface area contributed by atoms with Gasteiger partial charge in [0.25, 0.3) is 0 Å². The lowest BCUT2D eigenvalue weighted by Gasteiger charge is -2.34. The number of rotatable bonds is 19. The zero-order valence-corrected chi connectivity index (χ0v) is 50.5. The van der Waals surface area contributed by atoms with Crippen molar-refractivity contribution in [2.45, 2.75) is 64.2 Å². The summed E-state index contributed by atoms with van der Waals surface area (Å²) in [5.41, 5.74) is 24.8. The van der Waals surface area contributed by atoms with Gasteiger partial charge in [-0.05, 0) is 193 Å². The van der Waals surface area contributed by atoms with E-state index in [-0.39, 0.29) is 10.8 Å². The number of anilines is 3. The van der Waals surface area contributed by atoms with Gasteiger partial charge in [-0.1, -0.05) is 248 Å². The molecule has 0 aliphatic heterocycles. The maximum atomic E-state index is 6.29. The van der Waals surface area contributed by atoms with Crippen molar-refractivity contribution in [1.29, 1.82) is 0 Å². The van der Waals surface area contributed by atoms with Crippen molar-refractivity contribution in [3.05, 3.63) is 313 Å². The van der Waals surface area contributed by atoms with Crippen LogP contribution in [0, 0.1) is 5.92 Å². The van der Waals surface area contributed by atoms with E-state index < -0.39 is 0 Å². The number of ether oxygens (including phenoxy) is 1. The summed E-state index contributed by atoms with van der Waals surface area (Å²) in [6.45, 7) is 21.7. The van der Waals surface area contributed by atoms with Crippen LogP contribution < -0.4 is 9.64 Å². The van der Waals surface area contributed by atoms with Crippen LogP contribution in [-0.2, 0) is 10.8 Å². The number of aromatic nitrogens is 1. The van der Waals surface area contributed by atoms with Crippen LogP contribution in [0.5, 0.6) is 5.75 Å². The Morgan fingerprint density at radius 1 is 0.460 bits per heavy atom. The van der Waals surface area contributed by atoms with Crippen molar-refractivity contribution in [3.63, 3.8) is 0 Å². The van der Waals surface area contributed by atoms with E-state index in [0.717, 1.165) is 93.0 Å². The molecule has 13 rings (SSSR count). The van der Waals surface area contributed by atoms with Crippen molar-refractivity contribution in [3.8, 4) is 55.9 Å². The van der Waals surface area contributed by atoms with Gasteiger partial charge in [-0.25, -0.2) is 0 Å². The molecular weight excluding hydrogens is 1050 g/mol. The molecule has 0 N–H and O–H groups in total. The van der Waals surface area contributed by atoms with Gasteiger partial charge in [-0.2, -0.15) is 0 Å². The fourth-order valence-corrected chi connectivity index (χ4v) is 13.3. The zero-order chi connectivity index (χ0) is 59.7. The first-order chi connectivity index (χ1) is 42.5. The van der Waals surface area contributed by atoms with Crippen LogP contribution in [0.4, 0.5) is 17.1 Å². The monoisotopic (exact) mass is 1130 g/mol. The Bertz CT molecular complexity index is 4450. The largest absolute Gasteiger partial charge is 0.493 e. The maximum Gasteiger partial charge on any atom is 0.119 e. The highest BCUT2D eigenvalue weighted by molar-refractivity contribution is 6.11. The Hall–Kier alpha value is -9.96. The van der Waals surface area contributed by atoms with E-state index in [9.17, 15) is 0 Å². The molecule has 0 amide bonds. The van der Waals surface area contributed by atoms with E-state index >= 15 is 0 Å². The molecule has 1 heterocycles. The van der Waals surface area contributed by atoms with E-state index in [1.165, 1.54) is 66.4 Å². The van der Waals surface area contributed by atoms with E-state index in [1.54, 1.807) is 0 Å². The molecule has 2 atom stereocenters. The van der Waals surface area contributed by atoms with Crippen LogP contribution in [0.2, 0.25) is 0 Å². The third kappa shape index (κ3) is 11.0. The lowest BCUT2D eigenvalue weighted by molar-refractivity contribution is 0.248. The highest BCUT2D eigenvalue weighted by Crippen LogP contribution is 2.56.